The molecule has 0 fully saturated rings. The van der Waals surface area contributed by atoms with Crippen LogP contribution in [0.25, 0.3) is 11.1 Å². The fraction of sp³-hybridized carbons (Fsp3) is 0.250. The van der Waals surface area contributed by atoms with E-state index in [4.69, 9.17) is 4.74 Å². The lowest BCUT2D eigenvalue weighted by molar-refractivity contribution is 0.410. The van der Waals surface area contributed by atoms with Crippen molar-refractivity contribution >= 4 is 0 Å². The largest absolute Gasteiger partial charge is 0.496 e. The summed E-state index contributed by atoms with van der Waals surface area (Å²) in [5.74, 6) is 0.977. The van der Waals surface area contributed by atoms with Crippen LogP contribution in [0.3, 0.4) is 0 Å². The maximum atomic E-state index is 5.36. The van der Waals surface area contributed by atoms with Gasteiger partial charge in [-0.05, 0) is 47.7 Å². The van der Waals surface area contributed by atoms with Crippen molar-refractivity contribution in [3.63, 3.8) is 0 Å². The van der Waals surface area contributed by atoms with Crippen molar-refractivity contribution < 1.29 is 4.74 Å². The maximum absolute atomic E-state index is 5.36. The van der Waals surface area contributed by atoms with Crippen LogP contribution in [-0.4, -0.2) is 7.11 Å². The topological polar surface area (TPSA) is 9.23 Å². The molecule has 0 saturated heterocycles. The number of hydrogen-bond acceptors (Lipinski definition) is 1. The van der Waals surface area contributed by atoms with Gasteiger partial charge in [0.25, 0.3) is 0 Å². The van der Waals surface area contributed by atoms with Gasteiger partial charge in [-0.3, -0.25) is 0 Å². The molecule has 1 nitrogen and oxygen atoms in total. The Morgan fingerprint density at radius 1 is 1.06 bits per heavy atom. The van der Waals surface area contributed by atoms with Gasteiger partial charge in [-0.25, -0.2) is 0 Å². The fourth-order valence-corrected chi connectivity index (χ4v) is 2.12. The molecule has 2 aromatic rings. The zero-order valence-corrected chi connectivity index (χ0v) is 10.7. The Hall–Kier alpha value is -1.76. The van der Waals surface area contributed by atoms with E-state index in [0.717, 1.165) is 12.2 Å². The summed E-state index contributed by atoms with van der Waals surface area (Å²) in [5, 5.41) is 0. The zero-order chi connectivity index (χ0) is 12.3. The van der Waals surface area contributed by atoms with Crippen LogP contribution < -0.4 is 4.74 Å². The third-order valence-electron chi connectivity index (χ3n) is 3.12. The van der Waals surface area contributed by atoms with Crippen LogP contribution in [0.15, 0.2) is 42.5 Å². The summed E-state index contributed by atoms with van der Waals surface area (Å²) in [6.45, 7) is 4.30. The lowest BCUT2D eigenvalue weighted by Gasteiger charge is -2.11. The molecule has 0 aliphatic heterocycles. The molecule has 0 aliphatic rings. The number of benzene rings is 2. The fourth-order valence-electron chi connectivity index (χ4n) is 2.12. The van der Waals surface area contributed by atoms with Crippen LogP contribution in [0.2, 0.25) is 0 Å². The third-order valence-corrected chi connectivity index (χ3v) is 3.12. The van der Waals surface area contributed by atoms with Gasteiger partial charge in [-0.1, -0.05) is 37.3 Å². The molecule has 0 spiro atoms. The molecule has 0 saturated carbocycles. The summed E-state index contributed by atoms with van der Waals surface area (Å²) in [6, 6.07) is 14.9. The third kappa shape index (κ3) is 2.33. The predicted octanol–water partition coefficient (Wildman–Crippen LogP) is 4.23. The second-order valence-corrected chi connectivity index (χ2v) is 4.20. The Morgan fingerprint density at radius 2 is 1.82 bits per heavy atom. The van der Waals surface area contributed by atoms with Gasteiger partial charge in [0.05, 0.1) is 7.11 Å². The Bertz CT molecular complexity index is 515. The van der Waals surface area contributed by atoms with Crippen molar-refractivity contribution in [1.82, 2.24) is 0 Å². The highest BCUT2D eigenvalue weighted by Crippen LogP contribution is 2.28. The minimum Gasteiger partial charge on any atom is -0.496 e. The van der Waals surface area contributed by atoms with Crippen molar-refractivity contribution in [3.05, 3.63) is 53.6 Å². The summed E-state index contributed by atoms with van der Waals surface area (Å²) in [6.07, 6.45) is 0.989. The standard InChI is InChI=1S/C16H18O/c1-4-13-11-14(9-10-16(13)17-3)15-8-6-5-7-12(15)2/h5-11H,4H2,1-3H3. The second kappa shape index (κ2) is 5.05. The molecular weight excluding hydrogens is 208 g/mol. The maximum Gasteiger partial charge on any atom is 0.122 e. The van der Waals surface area contributed by atoms with Gasteiger partial charge in [0.15, 0.2) is 0 Å². The summed E-state index contributed by atoms with van der Waals surface area (Å²) in [5.41, 5.74) is 5.12. The first kappa shape index (κ1) is 11.7. The summed E-state index contributed by atoms with van der Waals surface area (Å²) < 4.78 is 5.36. The van der Waals surface area contributed by atoms with Crippen molar-refractivity contribution in [3.8, 4) is 16.9 Å². The summed E-state index contributed by atoms with van der Waals surface area (Å²) in [4.78, 5) is 0. The van der Waals surface area contributed by atoms with Gasteiger partial charge in [0.1, 0.15) is 5.75 Å². The predicted molar refractivity (Wildman–Crippen MR) is 72.5 cm³/mol. The highest BCUT2D eigenvalue weighted by molar-refractivity contribution is 5.68. The van der Waals surface area contributed by atoms with Crippen LogP contribution in [0, 0.1) is 6.92 Å². The van der Waals surface area contributed by atoms with E-state index in [1.54, 1.807) is 7.11 Å². The lowest BCUT2D eigenvalue weighted by atomic mass is 9.98. The molecule has 0 N–H and O–H groups in total. The smallest absolute Gasteiger partial charge is 0.122 e. The first-order chi connectivity index (χ1) is 8.26. The van der Waals surface area contributed by atoms with Crippen LogP contribution in [0.5, 0.6) is 5.75 Å². The van der Waals surface area contributed by atoms with Crippen LogP contribution in [0.4, 0.5) is 0 Å². The summed E-state index contributed by atoms with van der Waals surface area (Å²) in [7, 11) is 1.72. The van der Waals surface area contributed by atoms with Crippen molar-refractivity contribution in [2.75, 3.05) is 7.11 Å². The number of methoxy groups -OCH3 is 1. The van der Waals surface area contributed by atoms with Crippen LogP contribution in [-0.2, 0) is 6.42 Å². The van der Waals surface area contributed by atoms with E-state index in [1.165, 1.54) is 22.3 Å². The highest BCUT2D eigenvalue weighted by Gasteiger charge is 2.05. The highest BCUT2D eigenvalue weighted by atomic mass is 16.5. The minimum atomic E-state index is 0.977. The molecule has 0 aromatic heterocycles. The number of aryl methyl sites for hydroxylation is 2. The molecule has 0 radical (unpaired) electrons. The average molecular weight is 226 g/mol. The Labute approximate surface area is 103 Å². The second-order valence-electron chi connectivity index (χ2n) is 4.20. The van der Waals surface area contributed by atoms with E-state index >= 15 is 0 Å². The lowest BCUT2D eigenvalue weighted by Crippen LogP contribution is -1.92. The van der Waals surface area contributed by atoms with Gasteiger partial charge in [-0.2, -0.15) is 0 Å². The van der Waals surface area contributed by atoms with E-state index in [1.807, 2.05) is 0 Å². The Kier molecular flexibility index (Phi) is 3.48. The van der Waals surface area contributed by atoms with Gasteiger partial charge in [0, 0.05) is 0 Å². The van der Waals surface area contributed by atoms with E-state index in [0.29, 0.717) is 0 Å². The number of hydrogen-bond donors (Lipinski definition) is 0. The molecule has 2 rings (SSSR count). The number of ether oxygens (including phenoxy) is 1. The molecule has 0 aliphatic carbocycles. The van der Waals surface area contributed by atoms with Crippen molar-refractivity contribution in [1.29, 1.82) is 0 Å². The molecule has 0 heterocycles. The normalized spacial score (nSPS) is 10.3. The molecule has 0 unspecified atom stereocenters. The van der Waals surface area contributed by atoms with Crippen LogP contribution >= 0.6 is 0 Å². The monoisotopic (exact) mass is 226 g/mol. The van der Waals surface area contributed by atoms with Gasteiger partial charge < -0.3 is 4.74 Å². The molecule has 2 aromatic carbocycles. The molecule has 1 heteroatoms. The van der Waals surface area contributed by atoms with Gasteiger partial charge in [0.2, 0.25) is 0 Å². The minimum absolute atomic E-state index is 0.977. The van der Waals surface area contributed by atoms with Crippen molar-refractivity contribution in [2.45, 2.75) is 20.3 Å². The Balaban J connectivity index is 2.50. The molecule has 88 valence electrons. The quantitative estimate of drug-likeness (QED) is 0.761. The Morgan fingerprint density at radius 3 is 2.47 bits per heavy atom. The molecule has 0 amide bonds. The van der Waals surface area contributed by atoms with E-state index in [-0.39, 0.29) is 0 Å². The zero-order valence-electron chi connectivity index (χ0n) is 10.7. The molecule has 0 atom stereocenters. The van der Waals surface area contributed by atoms with Gasteiger partial charge >= 0.3 is 0 Å². The number of rotatable bonds is 3. The first-order valence-electron chi connectivity index (χ1n) is 5.99. The van der Waals surface area contributed by atoms with E-state index in [2.05, 4.69) is 56.3 Å². The average Bonchev–Trinajstić information content (AvgIpc) is 2.38. The summed E-state index contributed by atoms with van der Waals surface area (Å²) >= 11 is 0. The van der Waals surface area contributed by atoms with E-state index < -0.39 is 0 Å². The van der Waals surface area contributed by atoms with E-state index in [9.17, 15) is 0 Å². The molecule has 17 heavy (non-hydrogen) atoms. The van der Waals surface area contributed by atoms with Crippen molar-refractivity contribution in [2.24, 2.45) is 0 Å². The SMILES string of the molecule is CCc1cc(-c2ccccc2C)ccc1OC. The van der Waals surface area contributed by atoms with Gasteiger partial charge in [-0.15, -0.1) is 0 Å². The van der Waals surface area contributed by atoms with Crippen LogP contribution in [0.1, 0.15) is 18.1 Å². The molecule has 0 bridgehead atoms. The first-order valence-corrected chi connectivity index (χ1v) is 5.99. The molecular formula is C16H18O.